The number of halogens is 2. The predicted molar refractivity (Wildman–Crippen MR) is 78.0 cm³/mol. The Bertz CT molecular complexity index is 536. The van der Waals surface area contributed by atoms with Gasteiger partial charge in [-0.25, -0.2) is 4.79 Å². The van der Waals surface area contributed by atoms with E-state index in [0.29, 0.717) is 23.1 Å². The van der Waals surface area contributed by atoms with Gasteiger partial charge in [-0.2, -0.15) is 0 Å². The van der Waals surface area contributed by atoms with E-state index >= 15 is 0 Å². The Hall–Kier alpha value is -1.46. The third-order valence-corrected chi connectivity index (χ3v) is 3.66. The van der Waals surface area contributed by atoms with E-state index in [-0.39, 0.29) is 24.5 Å². The summed E-state index contributed by atoms with van der Waals surface area (Å²) < 4.78 is 0. The van der Waals surface area contributed by atoms with E-state index in [4.69, 9.17) is 23.2 Å². The van der Waals surface area contributed by atoms with Crippen molar-refractivity contribution < 1.29 is 9.59 Å². The Morgan fingerprint density at radius 3 is 2.85 bits per heavy atom. The number of hydrogen-bond donors (Lipinski definition) is 2. The number of piperazine rings is 1. The van der Waals surface area contributed by atoms with Crippen molar-refractivity contribution in [2.75, 3.05) is 19.6 Å². The van der Waals surface area contributed by atoms with Crippen LogP contribution in [0.2, 0.25) is 10.0 Å². The summed E-state index contributed by atoms with van der Waals surface area (Å²) in [5, 5.41) is 6.54. The molecule has 0 saturated carbocycles. The van der Waals surface area contributed by atoms with Gasteiger partial charge in [0, 0.05) is 23.1 Å². The van der Waals surface area contributed by atoms with Crippen molar-refractivity contribution in [3.63, 3.8) is 0 Å². The van der Waals surface area contributed by atoms with Crippen LogP contribution < -0.4 is 10.6 Å². The second-order valence-electron chi connectivity index (χ2n) is 4.61. The third-order valence-electron chi connectivity index (χ3n) is 3.09. The van der Waals surface area contributed by atoms with Crippen molar-refractivity contribution in [1.82, 2.24) is 15.5 Å². The minimum absolute atomic E-state index is 0.0763. The van der Waals surface area contributed by atoms with Crippen LogP contribution in [0.25, 0.3) is 0 Å². The molecule has 2 rings (SSSR count). The van der Waals surface area contributed by atoms with Crippen molar-refractivity contribution in [2.45, 2.75) is 13.0 Å². The standard InChI is InChI=1S/C13H15Cl2N3O2/c1-8(10-3-2-9(14)6-11(10)15)17-13(20)18-5-4-16-12(19)7-18/h2-3,6,8H,4-5,7H2,1H3,(H,16,19)(H,17,20)/t8-/m0/s1. The van der Waals surface area contributed by atoms with Crippen LogP contribution in [0.5, 0.6) is 0 Å². The number of hydrogen-bond acceptors (Lipinski definition) is 2. The number of carbonyl (C=O) groups excluding carboxylic acids is 2. The first kappa shape index (κ1) is 14.9. The molecule has 1 aromatic rings. The molecule has 0 aliphatic carbocycles. The molecule has 0 unspecified atom stereocenters. The van der Waals surface area contributed by atoms with Gasteiger partial charge in [0.05, 0.1) is 6.04 Å². The molecule has 5 nitrogen and oxygen atoms in total. The number of carbonyl (C=O) groups is 2. The van der Waals surface area contributed by atoms with E-state index in [9.17, 15) is 9.59 Å². The van der Waals surface area contributed by atoms with E-state index in [1.165, 1.54) is 4.90 Å². The number of nitrogens with one attached hydrogen (secondary N) is 2. The lowest BCUT2D eigenvalue weighted by molar-refractivity contribution is -0.123. The van der Waals surface area contributed by atoms with Gasteiger partial charge in [-0.05, 0) is 24.6 Å². The van der Waals surface area contributed by atoms with E-state index in [1.807, 2.05) is 6.92 Å². The van der Waals surface area contributed by atoms with Crippen LogP contribution in [0.4, 0.5) is 4.79 Å². The van der Waals surface area contributed by atoms with Crippen molar-refractivity contribution in [3.05, 3.63) is 33.8 Å². The highest BCUT2D eigenvalue weighted by atomic mass is 35.5. The highest BCUT2D eigenvalue weighted by Crippen LogP contribution is 2.26. The van der Waals surface area contributed by atoms with E-state index < -0.39 is 0 Å². The molecular formula is C13H15Cl2N3O2. The predicted octanol–water partition coefficient (Wildman–Crippen LogP) is 2.20. The molecule has 0 aromatic heterocycles. The lowest BCUT2D eigenvalue weighted by Gasteiger charge is -2.28. The van der Waals surface area contributed by atoms with E-state index in [2.05, 4.69) is 10.6 Å². The zero-order chi connectivity index (χ0) is 14.7. The van der Waals surface area contributed by atoms with Crippen LogP contribution in [-0.2, 0) is 4.79 Å². The normalized spacial score (nSPS) is 16.6. The monoisotopic (exact) mass is 315 g/mol. The average molecular weight is 316 g/mol. The van der Waals surface area contributed by atoms with Crippen LogP contribution in [0.3, 0.4) is 0 Å². The molecule has 1 saturated heterocycles. The molecule has 1 heterocycles. The number of amides is 3. The van der Waals surface area contributed by atoms with Crippen molar-refractivity contribution in [1.29, 1.82) is 0 Å². The summed E-state index contributed by atoms with van der Waals surface area (Å²) in [6, 6.07) is 4.59. The van der Waals surface area contributed by atoms with Crippen LogP contribution in [0.15, 0.2) is 18.2 Å². The van der Waals surface area contributed by atoms with Gasteiger partial charge < -0.3 is 15.5 Å². The summed E-state index contributed by atoms with van der Waals surface area (Å²) in [6.45, 7) is 2.88. The fraction of sp³-hybridized carbons (Fsp3) is 0.385. The molecule has 108 valence electrons. The number of urea groups is 1. The zero-order valence-corrected chi connectivity index (χ0v) is 12.5. The molecule has 3 amide bonds. The van der Waals surface area contributed by atoms with Crippen molar-refractivity contribution in [3.8, 4) is 0 Å². The van der Waals surface area contributed by atoms with Crippen LogP contribution in [0.1, 0.15) is 18.5 Å². The molecule has 1 aliphatic heterocycles. The Balaban J connectivity index is 2.01. The molecule has 0 radical (unpaired) electrons. The second kappa shape index (κ2) is 6.33. The maximum Gasteiger partial charge on any atom is 0.318 e. The fourth-order valence-electron chi connectivity index (χ4n) is 2.02. The number of rotatable bonds is 2. The van der Waals surface area contributed by atoms with Crippen LogP contribution in [0, 0.1) is 0 Å². The van der Waals surface area contributed by atoms with Gasteiger partial charge in [0.2, 0.25) is 5.91 Å². The van der Waals surface area contributed by atoms with E-state index in [1.54, 1.807) is 18.2 Å². The van der Waals surface area contributed by atoms with Gasteiger partial charge >= 0.3 is 6.03 Å². The van der Waals surface area contributed by atoms with Gasteiger partial charge in [-0.3, -0.25) is 4.79 Å². The summed E-state index contributed by atoms with van der Waals surface area (Å²) in [5.74, 6) is -0.149. The minimum Gasteiger partial charge on any atom is -0.353 e. The van der Waals surface area contributed by atoms with Crippen molar-refractivity contribution in [2.24, 2.45) is 0 Å². The van der Waals surface area contributed by atoms with Gasteiger partial charge in [0.25, 0.3) is 0 Å². The molecule has 1 aromatic carbocycles. The molecule has 7 heteroatoms. The van der Waals surface area contributed by atoms with Crippen molar-refractivity contribution >= 4 is 35.1 Å². The quantitative estimate of drug-likeness (QED) is 0.879. The van der Waals surface area contributed by atoms with Gasteiger partial charge in [-0.1, -0.05) is 29.3 Å². The molecule has 20 heavy (non-hydrogen) atoms. The molecule has 0 bridgehead atoms. The first-order valence-corrected chi connectivity index (χ1v) is 7.00. The Morgan fingerprint density at radius 2 is 2.20 bits per heavy atom. The summed E-state index contributed by atoms with van der Waals surface area (Å²) in [6.07, 6.45) is 0. The summed E-state index contributed by atoms with van der Waals surface area (Å²) in [7, 11) is 0. The topological polar surface area (TPSA) is 61.4 Å². The van der Waals surface area contributed by atoms with Gasteiger partial charge in [0.1, 0.15) is 6.54 Å². The lowest BCUT2D eigenvalue weighted by atomic mass is 10.1. The van der Waals surface area contributed by atoms with Crippen LogP contribution in [-0.4, -0.2) is 36.5 Å². The van der Waals surface area contributed by atoms with Gasteiger partial charge in [0.15, 0.2) is 0 Å². The SMILES string of the molecule is C[C@H](NC(=O)N1CCNC(=O)C1)c1ccc(Cl)cc1Cl. The highest BCUT2D eigenvalue weighted by Gasteiger charge is 2.22. The molecule has 1 aliphatic rings. The van der Waals surface area contributed by atoms with Gasteiger partial charge in [-0.15, -0.1) is 0 Å². The smallest absolute Gasteiger partial charge is 0.318 e. The maximum absolute atomic E-state index is 12.1. The van der Waals surface area contributed by atoms with E-state index in [0.717, 1.165) is 5.56 Å². The third kappa shape index (κ3) is 3.55. The summed E-state index contributed by atoms with van der Waals surface area (Å²) in [5.41, 5.74) is 0.783. The second-order valence-corrected chi connectivity index (χ2v) is 5.45. The fourth-order valence-corrected chi connectivity index (χ4v) is 2.59. The number of benzene rings is 1. The molecule has 2 N–H and O–H groups in total. The summed E-state index contributed by atoms with van der Waals surface area (Å²) >= 11 is 11.9. The average Bonchev–Trinajstić information content (AvgIpc) is 2.38. The Labute approximate surface area is 127 Å². The minimum atomic E-state index is -0.279. The molecular weight excluding hydrogens is 301 g/mol. The Kier molecular flexibility index (Phi) is 4.73. The molecule has 1 fully saturated rings. The molecule has 0 spiro atoms. The Morgan fingerprint density at radius 1 is 1.45 bits per heavy atom. The highest BCUT2D eigenvalue weighted by molar-refractivity contribution is 6.35. The molecule has 1 atom stereocenters. The largest absolute Gasteiger partial charge is 0.353 e. The maximum atomic E-state index is 12.1. The first-order valence-electron chi connectivity index (χ1n) is 6.24. The number of nitrogens with zero attached hydrogens (tertiary/aromatic N) is 1. The van der Waals surface area contributed by atoms with Crippen LogP contribution >= 0.6 is 23.2 Å². The lowest BCUT2D eigenvalue weighted by Crippen LogP contribution is -2.53. The zero-order valence-electron chi connectivity index (χ0n) is 11.0. The first-order chi connectivity index (χ1) is 9.47. The summed E-state index contributed by atoms with van der Waals surface area (Å²) in [4.78, 5) is 24.8.